The molecular formula is C24H20N2O3S. The molecule has 0 unspecified atom stereocenters. The quantitative estimate of drug-likeness (QED) is 0.444. The topological polar surface area (TPSA) is 67.4 Å². The van der Waals surface area contributed by atoms with E-state index in [1.165, 1.54) is 0 Å². The molecule has 4 rings (SSSR count). The van der Waals surface area contributed by atoms with Crippen LogP contribution in [0.15, 0.2) is 78.2 Å². The molecule has 1 aromatic heterocycles. The van der Waals surface area contributed by atoms with Crippen molar-refractivity contribution in [1.29, 1.82) is 0 Å². The van der Waals surface area contributed by atoms with E-state index < -0.39 is 0 Å². The summed E-state index contributed by atoms with van der Waals surface area (Å²) in [6.07, 6.45) is 0. The van der Waals surface area contributed by atoms with Crippen LogP contribution in [-0.2, 0) is 4.79 Å². The Hall–Kier alpha value is -3.64. The molecule has 0 saturated carbocycles. The number of aryl methyl sites for hydroxylation is 1. The molecule has 4 aromatic rings. The highest BCUT2D eigenvalue weighted by Gasteiger charge is 2.12. The summed E-state index contributed by atoms with van der Waals surface area (Å²) in [6, 6.07) is 22.3. The van der Waals surface area contributed by atoms with Gasteiger partial charge in [0.1, 0.15) is 5.75 Å². The van der Waals surface area contributed by atoms with Gasteiger partial charge in [-0.15, -0.1) is 11.3 Å². The lowest BCUT2D eigenvalue weighted by atomic mass is 10.1. The Kier molecular flexibility index (Phi) is 5.77. The van der Waals surface area contributed by atoms with Crippen LogP contribution in [0.3, 0.4) is 0 Å². The minimum atomic E-state index is -0.333. The van der Waals surface area contributed by atoms with Crippen LogP contribution in [-0.4, -0.2) is 18.4 Å². The van der Waals surface area contributed by atoms with E-state index in [0.717, 1.165) is 15.6 Å². The van der Waals surface area contributed by atoms with Gasteiger partial charge in [0, 0.05) is 10.3 Å². The summed E-state index contributed by atoms with van der Waals surface area (Å²) in [5.74, 6) is 0.589. The van der Waals surface area contributed by atoms with Crippen molar-refractivity contribution in [2.45, 2.75) is 6.92 Å². The Morgan fingerprint density at radius 2 is 1.77 bits per heavy atom. The number of carbonyl (C=O) groups excluding carboxylic acids is 2. The summed E-state index contributed by atoms with van der Waals surface area (Å²) in [7, 11) is 0. The van der Waals surface area contributed by atoms with Crippen molar-refractivity contribution in [3.8, 4) is 11.5 Å². The van der Waals surface area contributed by atoms with Crippen molar-refractivity contribution >= 4 is 38.9 Å². The van der Waals surface area contributed by atoms with Crippen LogP contribution < -0.4 is 15.4 Å². The first-order chi connectivity index (χ1) is 14.6. The van der Waals surface area contributed by atoms with E-state index in [0.29, 0.717) is 22.7 Å². The molecule has 30 heavy (non-hydrogen) atoms. The smallest absolute Gasteiger partial charge is 0.251 e. The first-order valence-electron chi connectivity index (χ1n) is 9.47. The number of anilines is 1. The van der Waals surface area contributed by atoms with E-state index in [1.807, 2.05) is 66.9 Å². The van der Waals surface area contributed by atoms with Crippen molar-refractivity contribution in [3.63, 3.8) is 0 Å². The summed E-state index contributed by atoms with van der Waals surface area (Å²) < 4.78 is 7.01. The van der Waals surface area contributed by atoms with Crippen LogP contribution in [0, 0.1) is 6.92 Å². The number of fused-ring (bicyclic) bond motifs is 1. The van der Waals surface area contributed by atoms with Crippen LogP contribution in [0.5, 0.6) is 11.5 Å². The zero-order valence-corrected chi connectivity index (χ0v) is 17.2. The molecule has 150 valence electrons. The van der Waals surface area contributed by atoms with Crippen LogP contribution in [0.2, 0.25) is 0 Å². The molecule has 0 aliphatic carbocycles. The number of amides is 2. The number of hydrogen-bond donors (Lipinski definition) is 2. The molecule has 2 amide bonds. The van der Waals surface area contributed by atoms with Gasteiger partial charge in [0.05, 0.1) is 12.2 Å². The number of benzene rings is 3. The first-order valence-corrected chi connectivity index (χ1v) is 10.4. The molecule has 2 N–H and O–H groups in total. The van der Waals surface area contributed by atoms with E-state index in [-0.39, 0.29) is 18.4 Å². The van der Waals surface area contributed by atoms with Gasteiger partial charge in [-0.1, -0.05) is 29.8 Å². The van der Waals surface area contributed by atoms with E-state index in [1.54, 1.807) is 29.5 Å². The minimum Gasteiger partial charge on any atom is -0.455 e. The summed E-state index contributed by atoms with van der Waals surface area (Å²) in [5, 5.41) is 8.46. The third-order valence-corrected chi connectivity index (χ3v) is 5.43. The second kappa shape index (κ2) is 8.80. The van der Waals surface area contributed by atoms with Gasteiger partial charge in [0.2, 0.25) is 5.91 Å². The fraction of sp³-hybridized carbons (Fsp3) is 0.0833. The van der Waals surface area contributed by atoms with Crippen molar-refractivity contribution < 1.29 is 14.3 Å². The fourth-order valence-corrected chi connectivity index (χ4v) is 3.73. The maximum absolute atomic E-state index is 12.4. The number of nitrogens with one attached hydrogen (secondary N) is 2. The van der Waals surface area contributed by atoms with Crippen molar-refractivity contribution in [1.82, 2.24) is 5.32 Å². The molecule has 6 heteroatoms. The van der Waals surface area contributed by atoms with Crippen molar-refractivity contribution in [3.05, 3.63) is 89.3 Å². The molecule has 0 fully saturated rings. The van der Waals surface area contributed by atoms with Gasteiger partial charge in [-0.05, 0) is 66.2 Å². The summed E-state index contributed by atoms with van der Waals surface area (Å²) in [6.45, 7) is 1.87. The summed E-state index contributed by atoms with van der Waals surface area (Å²) >= 11 is 1.62. The second-order valence-electron chi connectivity index (χ2n) is 6.82. The van der Waals surface area contributed by atoms with Crippen LogP contribution >= 0.6 is 11.3 Å². The lowest BCUT2D eigenvalue weighted by Crippen LogP contribution is -2.32. The largest absolute Gasteiger partial charge is 0.455 e. The number of thiophene rings is 1. The summed E-state index contributed by atoms with van der Waals surface area (Å²) in [5.41, 5.74) is 2.20. The fourth-order valence-electron chi connectivity index (χ4n) is 2.96. The predicted molar refractivity (Wildman–Crippen MR) is 120 cm³/mol. The number of para-hydroxylation sites is 2. The molecule has 3 aromatic carbocycles. The number of carbonyl (C=O) groups is 2. The molecule has 1 heterocycles. The molecule has 0 bridgehead atoms. The van der Waals surface area contributed by atoms with Gasteiger partial charge >= 0.3 is 0 Å². The maximum Gasteiger partial charge on any atom is 0.251 e. The Morgan fingerprint density at radius 1 is 0.967 bits per heavy atom. The zero-order valence-electron chi connectivity index (χ0n) is 16.3. The van der Waals surface area contributed by atoms with Gasteiger partial charge in [0.25, 0.3) is 5.91 Å². The van der Waals surface area contributed by atoms with Crippen molar-refractivity contribution in [2.75, 3.05) is 11.9 Å². The van der Waals surface area contributed by atoms with Gasteiger partial charge in [-0.2, -0.15) is 0 Å². The Morgan fingerprint density at radius 3 is 2.60 bits per heavy atom. The molecule has 0 radical (unpaired) electrons. The monoisotopic (exact) mass is 416 g/mol. The first kappa shape index (κ1) is 19.7. The minimum absolute atomic E-state index is 0.140. The standard InChI is InChI=1S/C24H20N2O3S/c1-16-6-9-19(10-7-16)29-21-5-3-2-4-20(21)26-23(27)15-25-24(28)18-8-11-22-17(14-18)12-13-30-22/h2-14H,15H2,1H3,(H,25,28)(H,26,27). The third kappa shape index (κ3) is 4.67. The third-order valence-electron chi connectivity index (χ3n) is 4.53. The predicted octanol–water partition coefficient (Wildman–Crippen LogP) is 5.37. The molecule has 0 aliphatic heterocycles. The SMILES string of the molecule is Cc1ccc(Oc2ccccc2NC(=O)CNC(=O)c2ccc3sccc3c2)cc1. The number of rotatable bonds is 6. The van der Waals surface area contributed by atoms with Crippen LogP contribution in [0.1, 0.15) is 15.9 Å². The maximum atomic E-state index is 12.4. The highest BCUT2D eigenvalue weighted by atomic mass is 32.1. The normalized spacial score (nSPS) is 10.6. The average molecular weight is 417 g/mol. The van der Waals surface area contributed by atoms with Crippen LogP contribution in [0.4, 0.5) is 5.69 Å². The van der Waals surface area contributed by atoms with Gasteiger partial charge in [-0.25, -0.2) is 0 Å². The molecule has 0 aliphatic rings. The molecule has 0 spiro atoms. The lowest BCUT2D eigenvalue weighted by molar-refractivity contribution is -0.115. The van der Waals surface area contributed by atoms with Gasteiger partial charge in [-0.3, -0.25) is 9.59 Å². The zero-order chi connectivity index (χ0) is 20.9. The van der Waals surface area contributed by atoms with E-state index >= 15 is 0 Å². The van der Waals surface area contributed by atoms with E-state index in [9.17, 15) is 9.59 Å². The highest BCUT2D eigenvalue weighted by molar-refractivity contribution is 7.17. The lowest BCUT2D eigenvalue weighted by Gasteiger charge is -2.13. The number of hydrogen-bond acceptors (Lipinski definition) is 4. The van der Waals surface area contributed by atoms with Gasteiger partial charge < -0.3 is 15.4 Å². The Labute approximate surface area is 178 Å². The van der Waals surface area contributed by atoms with Gasteiger partial charge in [0.15, 0.2) is 5.75 Å². The molecule has 0 atom stereocenters. The second-order valence-corrected chi connectivity index (χ2v) is 7.76. The molecule has 0 saturated heterocycles. The summed E-state index contributed by atoms with van der Waals surface area (Å²) in [4.78, 5) is 24.8. The number of ether oxygens (including phenoxy) is 1. The van der Waals surface area contributed by atoms with Crippen LogP contribution in [0.25, 0.3) is 10.1 Å². The Balaban J connectivity index is 1.38. The van der Waals surface area contributed by atoms with E-state index in [4.69, 9.17) is 4.74 Å². The Bertz CT molecular complexity index is 1200. The van der Waals surface area contributed by atoms with E-state index in [2.05, 4.69) is 10.6 Å². The highest BCUT2D eigenvalue weighted by Crippen LogP contribution is 2.29. The molecule has 5 nitrogen and oxygen atoms in total. The van der Waals surface area contributed by atoms with Crippen molar-refractivity contribution in [2.24, 2.45) is 0 Å². The molecular weight excluding hydrogens is 396 g/mol. The average Bonchev–Trinajstić information content (AvgIpc) is 3.23.